The number of anilines is 2. The first kappa shape index (κ1) is 25.3. The monoisotopic (exact) mass is 480 g/mol. The third kappa shape index (κ3) is 5.60. The Bertz CT molecular complexity index is 536. The van der Waals surface area contributed by atoms with Crippen molar-refractivity contribution in [3.63, 3.8) is 0 Å². The second kappa shape index (κ2) is 11.0. The van der Waals surface area contributed by atoms with Crippen molar-refractivity contribution in [3.05, 3.63) is 36.4 Å². The zero-order valence-corrected chi connectivity index (χ0v) is 18.5. The van der Waals surface area contributed by atoms with Crippen molar-refractivity contribution >= 4 is 103 Å². The fraction of sp³-hybridized carbons (Fsp3) is 0. The molecule has 0 amide bonds. The number of nitrogens with two attached hydrogens (primary N) is 2. The first-order valence-electron chi connectivity index (χ1n) is 4.89. The van der Waals surface area contributed by atoms with E-state index in [0.29, 0.717) is 0 Å². The van der Waals surface area contributed by atoms with E-state index in [1.165, 1.54) is 19.8 Å². The van der Waals surface area contributed by atoms with Crippen LogP contribution in [0.4, 0.5) is 11.4 Å². The van der Waals surface area contributed by atoms with Gasteiger partial charge in [-0.15, -0.1) is 49.6 Å². The molecule has 0 saturated carbocycles. The second-order valence-corrected chi connectivity index (χ2v) is 6.07. The Kier molecular flexibility index (Phi) is 13.9. The van der Waals surface area contributed by atoms with Crippen LogP contribution in [0.15, 0.2) is 36.4 Å². The van der Waals surface area contributed by atoms with Crippen molar-refractivity contribution in [1.82, 2.24) is 0 Å². The van der Waals surface area contributed by atoms with Crippen molar-refractivity contribution < 1.29 is 0 Å². The third-order valence-electron chi connectivity index (χ3n) is 2.54. The molecule has 2 nitrogen and oxygen atoms in total. The molecular weight excluding hydrogens is 464 g/mol. The molecule has 0 spiro atoms. The van der Waals surface area contributed by atoms with Gasteiger partial charge in [0.05, 0.1) is 0 Å². The molecule has 2 rings (SSSR count). The standard InChI is InChI=1S/C12H14As2N2.4ClH/c13-11-9(5-6-10(16)12(11)14)7-1-3-8(15)4-2-7;;;;/h1-6H,13-16H2;4*1H. The quantitative estimate of drug-likeness (QED) is 0.466. The molecule has 2 atom stereocenters. The molecule has 114 valence electrons. The van der Waals surface area contributed by atoms with E-state index in [9.17, 15) is 0 Å². The summed E-state index contributed by atoms with van der Waals surface area (Å²) >= 11 is 3.20. The van der Waals surface area contributed by atoms with Crippen LogP contribution in [-0.2, 0) is 0 Å². The molecule has 0 aromatic heterocycles. The van der Waals surface area contributed by atoms with Gasteiger partial charge in [0.25, 0.3) is 0 Å². The molecule has 2 unspecified atom stereocenters. The molecule has 0 bridgehead atoms. The van der Waals surface area contributed by atoms with E-state index in [4.69, 9.17) is 11.5 Å². The van der Waals surface area contributed by atoms with Crippen LogP contribution >= 0.6 is 49.6 Å². The molecule has 0 aliphatic rings. The summed E-state index contributed by atoms with van der Waals surface area (Å²) in [5, 5.41) is 0. The van der Waals surface area contributed by atoms with Gasteiger partial charge in [-0.1, -0.05) is 0 Å². The molecule has 2 aromatic rings. The van der Waals surface area contributed by atoms with E-state index < -0.39 is 0 Å². The fourth-order valence-electron chi connectivity index (χ4n) is 1.57. The normalized spacial score (nSPS) is 8.30. The van der Waals surface area contributed by atoms with E-state index in [0.717, 1.165) is 11.4 Å². The molecule has 0 saturated heterocycles. The van der Waals surface area contributed by atoms with Crippen LogP contribution in [0.1, 0.15) is 0 Å². The summed E-state index contributed by atoms with van der Waals surface area (Å²) in [6, 6.07) is 12.0. The molecule has 0 heterocycles. The van der Waals surface area contributed by atoms with Crippen LogP contribution in [0, 0.1) is 0 Å². The minimum absolute atomic E-state index is 0. The van der Waals surface area contributed by atoms with Gasteiger partial charge in [-0.05, 0) is 0 Å². The Labute approximate surface area is 161 Å². The third-order valence-corrected chi connectivity index (χ3v) is 6.67. The van der Waals surface area contributed by atoms with Crippen molar-refractivity contribution in [2.45, 2.75) is 0 Å². The summed E-state index contributed by atoms with van der Waals surface area (Å²) in [6.45, 7) is 0. The van der Waals surface area contributed by atoms with Gasteiger partial charge >= 0.3 is 113 Å². The van der Waals surface area contributed by atoms with Crippen molar-refractivity contribution in [2.75, 3.05) is 11.5 Å². The van der Waals surface area contributed by atoms with E-state index in [1.807, 2.05) is 18.2 Å². The van der Waals surface area contributed by atoms with Crippen LogP contribution < -0.4 is 20.2 Å². The number of rotatable bonds is 1. The summed E-state index contributed by atoms with van der Waals surface area (Å²) in [4.78, 5) is 0. The summed E-state index contributed by atoms with van der Waals surface area (Å²) in [5.41, 5.74) is 15.7. The van der Waals surface area contributed by atoms with Gasteiger partial charge < -0.3 is 0 Å². The van der Waals surface area contributed by atoms with Gasteiger partial charge in [-0.25, -0.2) is 0 Å². The summed E-state index contributed by atoms with van der Waals surface area (Å²) in [7, 11) is 0. The molecule has 20 heavy (non-hydrogen) atoms. The van der Waals surface area contributed by atoms with Gasteiger partial charge in [-0.2, -0.15) is 0 Å². The van der Waals surface area contributed by atoms with Gasteiger partial charge in [0, 0.05) is 0 Å². The van der Waals surface area contributed by atoms with E-state index in [1.54, 1.807) is 33.7 Å². The van der Waals surface area contributed by atoms with Crippen LogP contribution in [0.2, 0.25) is 0 Å². The fourth-order valence-corrected chi connectivity index (χ4v) is 3.00. The Morgan fingerprint density at radius 3 is 1.65 bits per heavy atom. The van der Waals surface area contributed by atoms with Crippen LogP contribution in [0.5, 0.6) is 0 Å². The van der Waals surface area contributed by atoms with E-state index in [-0.39, 0.29) is 49.6 Å². The van der Waals surface area contributed by atoms with Gasteiger partial charge in [0.15, 0.2) is 0 Å². The SMILES string of the molecule is Cl.Cl.Cl.Cl.Nc1ccc(-c2ccc(N)c([AsH2])c2[AsH2])cc1. The van der Waals surface area contributed by atoms with Gasteiger partial charge in [0.1, 0.15) is 0 Å². The molecule has 0 aliphatic carbocycles. The number of hydrogen-bond acceptors (Lipinski definition) is 2. The maximum atomic E-state index is 5.90. The Morgan fingerprint density at radius 1 is 0.650 bits per heavy atom. The number of hydrogen-bond donors (Lipinski definition) is 2. The molecule has 2 aromatic carbocycles. The summed E-state index contributed by atoms with van der Waals surface area (Å²) in [6.07, 6.45) is 0. The number of nitrogen functional groups attached to an aromatic ring is 2. The van der Waals surface area contributed by atoms with Crippen LogP contribution in [0.25, 0.3) is 11.1 Å². The van der Waals surface area contributed by atoms with Crippen molar-refractivity contribution in [2.24, 2.45) is 0 Å². The predicted molar refractivity (Wildman–Crippen MR) is 106 cm³/mol. The minimum atomic E-state index is 0. The molecule has 8 heteroatoms. The van der Waals surface area contributed by atoms with Crippen LogP contribution in [0.3, 0.4) is 0 Å². The zero-order valence-electron chi connectivity index (χ0n) is 10.4. The van der Waals surface area contributed by atoms with Crippen molar-refractivity contribution in [1.29, 1.82) is 0 Å². The topological polar surface area (TPSA) is 52.0 Å². The Morgan fingerprint density at radius 2 is 1.15 bits per heavy atom. The Balaban J connectivity index is -0.000000722. The Hall–Kier alpha value is 0.317. The van der Waals surface area contributed by atoms with E-state index >= 15 is 0 Å². The molecule has 4 N–H and O–H groups in total. The number of halogens is 4. The first-order chi connectivity index (χ1) is 7.59. The average molecular weight is 482 g/mol. The van der Waals surface area contributed by atoms with Crippen molar-refractivity contribution in [3.8, 4) is 11.1 Å². The zero-order chi connectivity index (χ0) is 11.7. The molecular formula is C12H18As2Cl4N2. The molecule has 0 aliphatic heterocycles. The van der Waals surface area contributed by atoms with Gasteiger partial charge in [0.2, 0.25) is 0 Å². The van der Waals surface area contributed by atoms with Crippen LogP contribution in [-0.4, -0.2) is 33.7 Å². The molecule has 0 fully saturated rings. The maximum absolute atomic E-state index is 5.90. The number of benzene rings is 2. The van der Waals surface area contributed by atoms with Gasteiger partial charge in [-0.3, -0.25) is 0 Å². The first-order valence-corrected chi connectivity index (χ1v) is 7.31. The van der Waals surface area contributed by atoms with E-state index in [2.05, 4.69) is 18.2 Å². The predicted octanol–water partition coefficient (Wildman–Crippen LogP) is 0.722. The summed E-state index contributed by atoms with van der Waals surface area (Å²) in [5.74, 6) is 0. The second-order valence-electron chi connectivity index (χ2n) is 3.65. The summed E-state index contributed by atoms with van der Waals surface area (Å²) < 4.78 is 2.55. The average Bonchev–Trinajstić information content (AvgIpc) is 2.28. The molecule has 0 radical (unpaired) electrons.